The Balaban J connectivity index is 3.35. The largest absolute Gasteiger partial charge is 0.353 e. The second-order valence-corrected chi connectivity index (χ2v) is 3.86. The van der Waals surface area contributed by atoms with Gasteiger partial charge in [-0.25, -0.2) is 0 Å². The van der Waals surface area contributed by atoms with Gasteiger partial charge in [0.15, 0.2) is 6.29 Å². The molecule has 0 unspecified atom stereocenters. The summed E-state index contributed by atoms with van der Waals surface area (Å²) in [5, 5.41) is 0. The van der Waals surface area contributed by atoms with Gasteiger partial charge in [-0.15, -0.1) is 0 Å². The van der Waals surface area contributed by atoms with Crippen molar-refractivity contribution in [2.45, 2.75) is 65.6 Å². The fraction of sp³-hybridized carbons (Fsp3) is 0.857. The first-order valence-electron chi connectivity index (χ1n) is 6.73. The molecule has 0 saturated heterocycles. The molecular formula is C14H28O2. The smallest absolute Gasteiger partial charge is 0.157 e. The normalized spacial score (nSPS) is 11.8. The first-order chi connectivity index (χ1) is 7.85. The average molecular weight is 228 g/mol. The van der Waals surface area contributed by atoms with E-state index >= 15 is 0 Å². The molecule has 0 radical (unpaired) electrons. The van der Waals surface area contributed by atoms with E-state index in [1.165, 1.54) is 25.7 Å². The maximum atomic E-state index is 5.49. The molecule has 0 aliphatic carbocycles. The minimum Gasteiger partial charge on any atom is -0.353 e. The van der Waals surface area contributed by atoms with Crippen molar-refractivity contribution < 1.29 is 9.47 Å². The van der Waals surface area contributed by atoms with Crippen molar-refractivity contribution in [3.63, 3.8) is 0 Å². The van der Waals surface area contributed by atoms with E-state index in [9.17, 15) is 0 Å². The standard InChI is InChI=1S/C14H28O2/c1-4-7-8-9-10-11-12-13-14(15-5-2)16-6-3/h7-8,14H,4-6,9-13H2,1-3H3/b8-7+. The molecule has 16 heavy (non-hydrogen) atoms. The maximum absolute atomic E-state index is 5.49. The molecular weight excluding hydrogens is 200 g/mol. The van der Waals surface area contributed by atoms with Crippen molar-refractivity contribution in [3.8, 4) is 0 Å². The molecule has 2 nitrogen and oxygen atoms in total. The number of hydrogen-bond donors (Lipinski definition) is 0. The Morgan fingerprint density at radius 2 is 1.56 bits per heavy atom. The molecule has 0 aromatic rings. The molecule has 0 amide bonds. The van der Waals surface area contributed by atoms with Gasteiger partial charge < -0.3 is 9.47 Å². The Morgan fingerprint density at radius 3 is 2.12 bits per heavy atom. The van der Waals surface area contributed by atoms with Crippen LogP contribution in [-0.2, 0) is 9.47 Å². The Kier molecular flexibility index (Phi) is 12.5. The Bertz CT molecular complexity index is 149. The Morgan fingerprint density at radius 1 is 0.875 bits per heavy atom. The van der Waals surface area contributed by atoms with E-state index < -0.39 is 0 Å². The van der Waals surface area contributed by atoms with Crippen molar-refractivity contribution in [1.82, 2.24) is 0 Å². The van der Waals surface area contributed by atoms with Crippen LogP contribution >= 0.6 is 0 Å². The van der Waals surface area contributed by atoms with Crippen molar-refractivity contribution in [2.75, 3.05) is 13.2 Å². The van der Waals surface area contributed by atoms with Crippen molar-refractivity contribution >= 4 is 0 Å². The molecule has 0 heterocycles. The van der Waals surface area contributed by atoms with Gasteiger partial charge in [-0.1, -0.05) is 25.5 Å². The summed E-state index contributed by atoms with van der Waals surface area (Å²) >= 11 is 0. The zero-order chi connectivity index (χ0) is 12.1. The van der Waals surface area contributed by atoms with Gasteiger partial charge in [-0.2, -0.15) is 0 Å². The van der Waals surface area contributed by atoms with E-state index in [0.717, 1.165) is 26.1 Å². The van der Waals surface area contributed by atoms with E-state index in [0.29, 0.717) is 0 Å². The molecule has 0 spiro atoms. The van der Waals surface area contributed by atoms with Crippen molar-refractivity contribution in [1.29, 1.82) is 0 Å². The van der Waals surface area contributed by atoms with Gasteiger partial charge in [-0.05, 0) is 46.0 Å². The number of ether oxygens (including phenoxy) is 2. The monoisotopic (exact) mass is 228 g/mol. The predicted molar refractivity (Wildman–Crippen MR) is 69.6 cm³/mol. The first kappa shape index (κ1) is 15.7. The Labute approximate surface area is 101 Å². The molecule has 0 bridgehead atoms. The third-order valence-electron chi connectivity index (χ3n) is 2.42. The van der Waals surface area contributed by atoms with Crippen molar-refractivity contribution in [3.05, 3.63) is 12.2 Å². The average Bonchev–Trinajstić information content (AvgIpc) is 2.28. The second-order valence-electron chi connectivity index (χ2n) is 3.86. The molecule has 0 saturated carbocycles. The van der Waals surface area contributed by atoms with Gasteiger partial charge >= 0.3 is 0 Å². The third-order valence-corrected chi connectivity index (χ3v) is 2.42. The zero-order valence-electron chi connectivity index (χ0n) is 11.2. The molecule has 0 fully saturated rings. The van der Waals surface area contributed by atoms with Crippen LogP contribution in [0, 0.1) is 0 Å². The van der Waals surface area contributed by atoms with Crippen LogP contribution in [0.1, 0.15) is 59.3 Å². The van der Waals surface area contributed by atoms with Crippen LogP contribution in [0.3, 0.4) is 0 Å². The summed E-state index contributed by atoms with van der Waals surface area (Å²) in [5.74, 6) is 0. The predicted octanol–water partition coefficient (Wildman–Crippen LogP) is 4.30. The summed E-state index contributed by atoms with van der Waals surface area (Å²) in [6, 6.07) is 0. The molecule has 0 aliphatic heterocycles. The highest BCUT2D eigenvalue weighted by molar-refractivity contribution is 4.79. The summed E-state index contributed by atoms with van der Waals surface area (Å²) < 4.78 is 11.0. The fourth-order valence-electron chi connectivity index (χ4n) is 1.62. The molecule has 0 rings (SSSR count). The highest BCUT2D eigenvalue weighted by Crippen LogP contribution is 2.10. The van der Waals surface area contributed by atoms with E-state index in [4.69, 9.17) is 9.47 Å². The van der Waals surface area contributed by atoms with E-state index in [-0.39, 0.29) is 6.29 Å². The quantitative estimate of drug-likeness (QED) is 0.298. The summed E-state index contributed by atoms with van der Waals surface area (Å²) in [7, 11) is 0. The molecule has 0 aromatic heterocycles. The number of unbranched alkanes of at least 4 members (excludes halogenated alkanes) is 3. The van der Waals surface area contributed by atoms with Gasteiger partial charge in [-0.3, -0.25) is 0 Å². The number of rotatable bonds is 11. The molecule has 96 valence electrons. The first-order valence-corrected chi connectivity index (χ1v) is 6.73. The lowest BCUT2D eigenvalue weighted by atomic mass is 10.1. The van der Waals surface area contributed by atoms with E-state index in [2.05, 4.69) is 19.1 Å². The lowest BCUT2D eigenvalue weighted by Gasteiger charge is -2.16. The van der Waals surface area contributed by atoms with E-state index in [1.807, 2.05) is 13.8 Å². The van der Waals surface area contributed by atoms with Crippen molar-refractivity contribution in [2.24, 2.45) is 0 Å². The van der Waals surface area contributed by atoms with Gasteiger partial charge in [0.1, 0.15) is 0 Å². The summed E-state index contributed by atoms with van der Waals surface area (Å²) in [4.78, 5) is 0. The van der Waals surface area contributed by atoms with Gasteiger partial charge in [0.25, 0.3) is 0 Å². The van der Waals surface area contributed by atoms with Crippen LogP contribution in [0.25, 0.3) is 0 Å². The summed E-state index contributed by atoms with van der Waals surface area (Å²) in [6.07, 6.45) is 11.7. The topological polar surface area (TPSA) is 18.5 Å². The molecule has 2 heteroatoms. The second kappa shape index (κ2) is 12.7. The zero-order valence-corrected chi connectivity index (χ0v) is 11.2. The van der Waals surface area contributed by atoms with Crippen LogP contribution in [0.5, 0.6) is 0 Å². The van der Waals surface area contributed by atoms with Gasteiger partial charge in [0, 0.05) is 13.2 Å². The Hall–Kier alpha value is -0.340. The third kappa shape index (κ3) is 10.2. The number of allylic oxidation sites excluding steroid dienone is 2. The summed E-state index contributed by atoms with van der Waals surface area (Å²) in [5.41, 5.74) is 0. The minimum absolute atomic E-state index is 0.0150. The highest BCUT2D eigenvalue weighted by atomic mass is 16.7. The molecule has 0 aromatic carbocycles. The van der Waals surface area contributed by atoms with Gasteiger partial charge in [0.2, 0.25) is 0 Å². The fourth-order valence-corrected chi connectivity index (χ4v) is 1.62. The SMILES string of the molecule is CC/C=C/CCCCCC(OCC)OCC. The van der Waals surface area contributed by atoms with Crippen LogP contribution in [0.2, 0.25) is 0 Å². The molecule has 0 atom stereocenters. The van der Waals surface area contributed by atoms with Crippen LogP contribution in [0.4, 0.5) is 0 Å². The van der Waals surface area contributed by atoms with E-state index in [1.54, 1.807) is 0 Å². The lowest BCUT2D eigenvalue weighted by molar-refractivity contribution is -0.140. The van der Waals surface area contributed by atoms with Crippen LogP contribution < -0.4 is 0 Å². The van der Waals surface area contributed by atoms with Crippen LogP contribution in [0.15, 0.2) is 12.2 Å². The minimum atomic E-state index is 0.0150. The maximum Gasteiger partial charge on any atom is 0.157 e. The molecule has 0 aliphatic rings. The lowest BCUT2D eigenvalue weighted by Crippen LogP contribution is -2.17. The summed E-state index contributed by atoms with van der Waals surface area (Å²) in [6.45, 7) is 7.68. The van der Waals surface area contributed by atoms with Crippen LogP contribution in [-0.4, -0.2) is 19.5 Å². The van der Waals surface area contributed by atoms with Gasteiger partial charge in [0.05, 0.1) is 0 Å². The highest BCUT2D eigenvalue weighted by Gasteiger charge is 2.06. The molecule has 0 N–H and O–H groups in total. The number of hydrogen-bond acceptors (Lipinski definition) is 2.